The average molecular weight is 318 g/mol. The fourth-order valence-electron chi connectivity index (χ4n) is 4.05. The summed E-state index contributed by atoms with van der Waals surface area (Å²) in [5.74, 6) is 1.01. The van der Waals surface area contributed by atoms with Gasteiger partial charge in [-0.1, -0.05) is 18.6 Å². The van der Waals surface area contributed by atoms with E-state index in [1.54, 1.807) is 0 Å². The van der Waals surface area contributed by atoms with E-state index >= 15 is 0 Å². The highest BCUT2D eigenvalue weighted by Gasteiger charge is 2.36. The first-order valence-corrected chi connectivity index (χ1v) is 9.38. The highest BCUT2D eigenvalue weighted by Crippen LogP contribution is 2.26. The molecule has 0 N–H and O–H groups in total. The summed E-state index contributed by atoms with van der Waals surface area (Å²) in [4.78, 5) is 28.8. The second-order valence-corrected chi connectivity index (χ2v) is 7.61. The Labute approximate surface area is 139 Å². The molecule has 0 saturated carbocycles. The highest BCUT2D eigenvalue weighted by molar-refractivity contribution is 5.89. The van der Waals surface area contributed by atoms with E-state index in [1.165, 1.54) is 31.3 Å². The third-order valence-electron chi connectivity index (χ3n) is 5.75. The summed E-state index contributed by atoms with van der Waals surface area (Å²) < 4.78 is 0. The molecule has 3 aliphatic rings. The number of rotatable bonds is 4. The van der Waals surface area contributed by atoms with Crippen LogP contribution in [0.4, 0.5) is 0 Å². The maximum Gasteiger partial charge on any atom is 0.227 e. The van der Waals surface area contributed by atoms with Gasteiger partial charge in [-0.3, -0.25) is 9.59 Å². The molecule has 0 aromatic carbocycles. The molecule has 4 nitrogen and oxygen atoms in total. The lowest BCUT2D eigenvalue weighted by atomic mass is 9.97. The number of likely N-dealkylation sites (tertiary alicyclic amines) is 2. The first kappa shape index (κ1) is 16.5. The average Bonchev–Trinajstić information content (AvgIpc) is 2.95. The molecule has 2 saturated heterocycles. The maximum absolute atomic E-state index is 12.6. The maximum atomic E-state index is 12.6. The van der Waals surface area contributed by atoms with Crippen LogP contribution < -0.4 is 0 Å². The van der Waals surface area contributed by atoms with Crippen molar-refractivity contribution >= 4 is 11.8 Å². The standard InChI is InChI=1S/C19H30N2O2/c1-15-7-10-20(11-8-15)19(23)17-13-18(22)21(14-17)12-9-16-5-3-2-4-6-16/h5,15,17H,2-4,6-14H2,1H3. The molecule has 0 bridgehead atoms. The van der Waals surface area contributed by atoms with Crippen molar-refractivity contribution in [2.75, 3.05) is 26.2 Å². The van der Waals surface area contributed by atoms with Gasteiger partial charge in [0.25, 0.3) is 0 Å². The molecule has 128 valence electrons. The van der Waals surface area contributed by atoms with Crippen LogP contribution in [0.5, 0.6) is 0 Å². The first-order chi connectivity index (χ1) is 11.1. The molecule has 1 aliphatic carbocycles. The lowest BCUT2D eigenvalue weighted by molar-refractivity contribution is -0.137. The molecule has 4 heteroatoms. The van der Waals surface area contributed by atoms with Crippen molar-refractivity contribution in [1.29, 1.82) is 0 Å². The summed E-state index contributed by atoms with van der Waals surface area (Å²) in [6, 6.07) is 0. The third kappa shape index (κ3) is 4.15. The van der Waals surface area contributed by atoms with Crippen molar-refractivity contribution in [3.63, 3.8) is 0 Å². The zero-order valence-electron chi connectivity index (χ0n) is 14.4. The van der Waals surface area contributed by atoms with E-state index in [4.69, 9.17) is 0 Å². The summed E-state index contributed by atoms with van der Waals surface area (Å²) in [7, 11) is 0. The van der Waals surface area contributed by atoms with Crippen molar-refractivity contribution in [2.45, 2.75) is 58.3 Å². The smallest absolute Gasteiger partial charge is 0.227 e. The molecule has 0 spiro atoms. The minimum atomic E-state index is -0.101. The van der Waals surface area contributed by atoms with Gasteiger partial charge in [-0.2, -0.15) is 0 Å². The molecular formula is C19H30N2O2. The van der Waals surface area contributed by atoms with E-state index in [0.717, 1.165) is 44.8 Å². The van der Waals surface area contributed by atoms with E-state index in [-0.39, 0.29) is 17.7 Å². The normalized spacial score (nSPS) is 26.6. The monoisotopic (exact) mass is 318 g/mol. The van der Waals surface area contributed by atoms with Crippen LogP contribution in [-0.4, -0.2) is 47.8 Å². The van der Waals surface area contributed by atoms with Crippen molar-refractivity contribution in [1.82, 2.24) is 9.80 Å². The number of hydrogen-bond acceptors (Lipinski definition) is 2. The summed E-state index contributed by atoms with van der Waals surface area (Å²) in [5, 5.41) is 0. The van der Waals surface area contributed by atoms with Crippen LogP contribution in [-0.2, 0) is 9.59 Å². The van der Waals surface area contributed by atoms with E-state index in [1.807, 2.05) is 9.80 Å². The van der Waals surface area contributed by atoms with Crippen molar-refractivity contribution in [2.24, 2.45) is 11.8 Å². The quantitative estimate of drug-likeness (QED) is 0.748. The lowest BCUT2D eigenvalue weighted by Gasteiger charge is -2.32. The number of carbonyl (C=O) groups excluding carboxylic acids is 2. The Kier molecular flexibility index (Phi) is 5.39. The van der Waals surface area contributed by atoms with Crippen molar-refractivity contribution < 1.29 is 9.59 Å². The van der Waals surface area contributed by atoms with Crippen LogP contribution in [0.25, 0.3) is 0 Å². The summed E-state index contributed by atoms with van der Waals surface area (Å²) >= 11 is 0. The zero-order chi connectivity index (χ0) is 16.2. The lowest BCUT2D eigenvalue weighted by Crippen LogP contribution is -2.42. The van der Waals surface area contributed by atoms with E-state index in [2.05, 4.69) is 13.0 Å². The molecule has 2 heterocycles. The number of amides is 2. The summed E-state index contributed by atoms with van der Waals surface area (Å²) in [5.41, 5.74) is 1.50. The molecular weight excluding hydrogens is 288 g/mol. The third-order valence-corrected chi connectivity index (χ3v) is 5.75. The molecule has 0 aromatic rings. The molecule has 2 aliphatic heterocycles. The Morgan fingerprint density at radius 1 is 1.26 bits per heavy atom. The van der Waals surface area contributed by atoms with E-state index in [9.17, 15) is 9.59 Å². The molecule has 3 rings (SSSR count). The van der Waals surface area contributed by atoms with Gasteiger partial charge in [0.1, 0.15) is 0 Å². The van der Waals surface area contributed by atoms with Crippen LogP contribution >= 0.6 is 0 Å². The van der Waals surface area contributed by atoms with E-state index < -0.39 is 0 Å². The van der Waals surface area contributed by atoms with Gasteiger partial charge in [-0.25, -0.2) is 0 Å². The van der Waals surface area contributed by atoms with Gasteiger partial charge in [0.05, 0.1) is 5.92 Å². The largest absolute Gasteiger partial charge is 0.342 e. The van der Waals surface area contributed by atoms with Crippen LogP contribution in [0, 0.1) is 11.8 Å². The predicted molar refractivity (Wildman–Crippen MR) is 90.8 cm³/mol. The van der Waals surface area contributed by atoms with Gasteiger partial charge in [0.2, 0.25) is 11.8 Å². The van der Waals surface area contributed by atoms with Gasteiger partial charge in [-0.15, -0.1) is 0 Å². The number of carbonyl (C=O) groups is 2. The molecule has 0 aromatic heterocycles. The van der Waals surface area contributed by atoms with Crippen LogP contribution in [0.1, 0.15) is 58.3 Å². The van der Waals surface area contributed by atoms with Crippen molar-refractivity contribution in [3.05, 3.63) is 11.6 Å². The number of nitrogens with zero attached hydrogens (tertiary/aromatic N) is 2. The van der Waals surface area contributed by atoms with Gasteiger partial charge in [-0.05, 0) is 50.9 Å². The Balaban J connectivity index is 1.48. The number of allylic oxidation sites excluding steroid dienone is 1. The van der Waals surface area contributed by atoms with Gasteiger partial charge < -0.3 is 9.80 Å². The fourth-order valence-corrected chi connectivity index (χ4v) is 4.05. The molecule has 2 amide bonds. The number of piperidine rings is 1. The topological polar surface area (TPSA) is 40.6 Å². The number of hydrogen-bond donors (Lipinski definition) is 0. The molecule has 1 atom stereocenters. The zero-order valence-corrected chi connectivity index (χ0v) is 14.4. The Hall–Kier alpha value is -1.32. The molecule has 0 radical (unpaired) electrons. The molecule has 1 unspecified atom stereocenters. The Morgan fingerprint density at radius 2 is 2.04 bits per heavy atom. The Morgan fingerprint density at radius 3 is 2.74 bits per heavy atom. The second-order valence-electron chi connectivity index (χ2n) is 7.61. The summed E-state index contributed by atoms with van der Waals surface area (Å²) in [6.45, 7) is 5.43. The van der Waals surface area contributed by atoms with Gasteiger partial charge in [0.15, 0.2) is 0 Å². The molecule has 2 fully saturated rings. The van der Waals surface area contributed by atoms with Crippen LogP contribution in [0.3, 0.4) is 0 Å². The molecule has 23 heavy (non-hydrogen) atoms. The first-order valence-electron chi connectivity index (χ1n) is 9.38. The van der Waals surface area contributed by atoms with Crippen LogP contribution in [0.2, 0.25) is 0 Å². The summed E-state index contributed by atoms with van der Waals surface area (Å²) in [6.07, 6.45) is 10.9. The predicted octanol–water partition coefficient (Wildman–Crippen LogP) is 2.98. The van der Waals surface area contributed by atoms with Gasteiger partial charge in [0, 0.05) is 32.6 Å². The van der Waals surface area contributed by atoms with E-state index in [0.29, 0.717) is 13.0 Å². The SMILES string of the molecule is CC1CCN(C(=O)C2CC(=O)N(CCC3=CCCCC3)C2)CC1. The minimum absolute atomic E-state index is 0.101. The van der Waals surface area contributed by atoms with Crippen LogP contribution in [0.15, 0.2) is 11.6 Å². The van der Waals surface area contributed by atoms with Gasteiger partial charge >= 0.3 is 0 Å². The fraction of sp³-hybridized carbons (Fsp3) is 0.789. The minimum Gasteiger partial charge on any atom is -0.342 e. The second kappa shape index (κ2) is 7.50. The Bertz CT molecular complexity index is 478. The van der Waals surface area contributed by atoms with Crippen molar-refractivity contribution in [3.8, 4) is 0 Å². The highest BCUT2D eigenvalue weighted by atomic mass is 16.2.